The van der Waals surface area contributed by atoms with Crippen LogP contribution in [0.4, 0.5) is 0 Å². The van der Waals surface area contributed by atoms with Crippen LogP contribution in [0.15, 0.2) is 0 Å². The SMILES string of the molecule is CCCCCC(CCCCCCCCC(O)CCC)S(=O)(=O)[O-].[Na+]. The maximum atomic E-state index is 11.3. The summed E-state index contributed by atoms with van der Waals surface area (Å²) in [5.74, 6) is 0. The van der Waals surface area contributed by atoms with Crippen LogP contribution < -0.4 is 29.6 Å². The summed E-state index contributed by atoms with van der Waals surface area (Å²) >= 11 is 0. The van der Waals surface area contributed by atoms with Crippen molar-refractivity contribution in [3.05, 3.63) is 0 Å². The zero-order valence-corrected chi connectivity index (χ0v) is 19.0. The van der Waals surface area contributed by atoms with Crippen molar-refractivity contribution >= 4 is 10.1 Å². The van der Waals surface area contributed by atoms with Crippen molar-refractivity contribution in [2.45, 2.75) is 115 Å². The number of rotatable bonds is 16. The van der Waals surface area contributed by atoms with Crippen LogP contribution in [-0.2, 0) is 10.1 Å². The van der Waals surface area contributed by atoms with Gasteiger partial charge in [-0.2, -0.15) is 0 Å². The Morgan fingerprint density at radius 3 is 1.67 bits per heavy atom. The zero-order valence-electron chi connectivity index (χ0n) is 16.1. The minimum absolute atomic E-state index is 0. The molecule has 6 heteroatoms. The molecule has 0 aromatic heterocycles. The first-order valence-corrected chi connectivity index (χ1v) is 11.0. The monoisotopic (exact) mass is 372 g/mol. The Kier molecular flexibility index (Phi) is 19.5. The third kappa shape index (κ3) is 16.3. The molecule has 0 saturated heterocycles. The molecule has 24 heavy (non-hydrogen) atoms. The minimum atomic E-state index is -4.14. The maximum Gasteiger partial charge on any atom is 1.00 e. The number of aliphatic hydroxyl groups excluding tert-OH is 1. The predicted molar refractivity (Wildman–Crippen MR) is 95.5 cm³/mol. The summed E-state index contributed by atoms with van der Waals surface area (Å²) in [6.45, 7) is 4.16. The van der Waals surface area contributed by atoms with Crippen LogP contribution in [0.2, 0.25) is 0 Å². The Balaban J connectivity index is 0. The second-order valence-corrected chi connectivity index (χ2v) is 8.40. The molecule has 0 aliphatic heterocycles. The van der Waals surface area contributed by atoms with Crippen molar-refractivity contribution in [1.29, 1.82) is 0 Å². The molecule has 0 bridgehead atoms. The fraction of sp³-hybridized carbons (Fsp3) is 1.00. The summed E-state index contributed by atoms with van der Waals surface area (Å²) in [4.78, 5) is 0. The summed E-state index contributed by atoms with van der Waals surface area (Å²) in [7, 11) is -4.14. The van der Waals surface area contributed by atoms with Crippen LogP contribution in [0.3, 0.4) is 0 Å². The van der Waals surface area contributed by atoms with Gasteiger partial charge in [0.05, 0.1) is 16.2 Å². The van der Waals surface area contributed by atoms with E-state index in [9.17, 15) is 18.1 Å². The predicted octanol–water partition coefficient (Wildman–Crippen LogP) is 1.77. The van der Waals surface area contributed by atoms with Gasteiger partial charge in [0.25, 0.3) is 0 Å². The molecule has 0 aliphatic carbocycles. The Labute approximate surface area is 172 Å². The van der Waals surface area contributed by atoms with Crippen LogP contribution in [0.5, 0.6) is 0 Å². The summed E-state index contributed by atoms with van der Waals surface area (Å²) in [5, 5.41) is 8.95. The van der Waals surface area contributed by atoms with E-state index in [2.05, 4.69) is 13.8 Å². The van der Waals surface area contributed by atoms with E-state index in [0.29, 0.717) is 12.8 Å². The van der Waals surface area contributed by atoms with Crippen molar-refractivity contribution in [3.8, 4) is 0 Å². The average Bonchev–Trinajstić information content (AvgIpc) is 2.47. The Hall–Kier alpha value is 0.870. The van der Waals surface area contributed by atoms with Gasteiger partial charge in [-0.15, -0.1) is 0 Å². The normalized spacial score (nSPS) is 14.2. The number of aliphatic hydroxyl groups is 1. The van der Waals surface area contributed by atoms with Gasteiger partial charge in [-0.25, -0.2) is 8.42 Å². The first-order valence-electron chi connectivity index (χ1n) is 9.54. The third-order valence-electron chi connectivity index (χ3n) is 4.47. The Morgan fingerprint density at radius 1 is 0.750 bits per heavy atom. The Bertz CT molecular complexity index is 360. The minimum Gasteiger partial charge on any atom is -0.748 e. The van der Waals surface area contributed by atoms with Gasteiger partial charge in [0.2, 0.25) is 0 Å². The van der Waals surface area contributed by atoms with Gasteiger partial charge in [0, 0.05) is 5.25 Å². The third-order valence-corrected chi connectivity index (χ3v) is 5.76. The topological polar surface area (TPSA) is 77.4 Å². The molecule has 0 spiro atoms. The molecule has 0 amide bonds. The van der Waals surface area contributed by atoms with Crippen molar-refractivity contribution in [3.63, 3.8) is 0 Å². The van der Waals surface area contributed by atoms with Crippen LogP contribution >= 0.6 is 0 Å². The first-order chi connectivity index (χ1) is 10.9. The molecule has 0 aliphatic rings. The molecule has 2 unspecified atom stereocenters. The number of hydrogen-bond acceptors (Lipinski definition) is 4. The summed E-state index contributed by atoms with van der Waals surface area (Å²) in [5.41, 5.74) is 0. The van der Waals surface area contributed by atoms with E-state index in [-0.39, 0.29) is 35.7 Å². The molecule has 0 heterocycles. The quantitative estimate of drug-likeness (QED) is 0.254. The van der Waals surface area contributed by atoms with E-state index in [0.717, 1.165) is 77.0 Å². The number of unbranched alkanes of at least 4 members (excludes halogenated alkanes) is 7. The summed E-state index contributed by atoms with van der Waals surface area (Å²) in [6.07, 6.45) is 12.8. The van der Waals surface area contributed by atoms with Gasteiger partial charge in [0.1, 0.15) is 0 Å². The molecule has 140 valence electrons. The second kappa shape index (κ2) is 17.3. The molecule has 0 rings (SSSR count). The molecule has 1 N–H and O–H groups in total. The van der Waals surface area contributed by atoms with E-state index in [1.54, 1.807) is 0 Å². The first kappa shape index (κ1) is 27.1. The molecule has 0 fully saturated rings. The molecule has 0 aromatic carbocycles. The van der Waals surface area contributed by atoms with Gasteiger partial charge >= 0.3 is 29.6 Å². The molecule has 0 aromatic rings. The largest absolute Gasteiger partial charge is 1.00 e. The van der Waals surface area contributed by atoms with Gasteiger partial charge in [-0.05, 0) is 25.7 Å². The van der Waals surface area contributed by atoms with E-state index in [4.69, 9.17) is 0 Å². The molecular weight excluding hydrogens is 335 g/mol. The van der Waals surface area contributed by atoms with Crippen molar-refractivity contribution in [2.24, 2.45) is 0 Å². The van der Waals surface area contributed by atoms with Gasteiger partial charge in [0.15, 0.2) is 0 Å². The molecule has 2 atom stereocenters. The Morgan fingerprint density at radius 2 is 1.21 bits per heavy atom. The van der Waals surface area contributed by atoms with E-state index in [1.807, 2.05) is 0 Å². The summed E-state index contributed by atoms with van der Waals surface area (Å²) < 4.78 is 33.8. The van der Waals surface area contributed by atoms with Gasteiger partial charge in [-0.3, -0.25) is 0 Å². The fourth-order valence-electron chi connectivity index (χ4n) is 2.99. The van der Waals surface area contributed by atoms with Crippen molar-refractivity contribution in [2.75, 3.05) is 0 Å². The smallest absolute Gasteiger partial charge is 0.748 e. The van der Waals surface area contributed by atoms with Gasteiger partial charge < -0.3 is 9.66 Å². The van der Waals surface area contributed by atoms with Crippen LogP contribution in [0.25, 0.3) is 0 Å². The van der Waals surface area contributed by atoms with E-state index >= 15 is 0 Å². The van der Waals surface area contributed by atoms with Crippen LogP contribution in [-0.4, -0.2) is 29.4 Å². The van der Waals surface area contributed by atoms with Crippen molar-refractivity contribution in [1.82, 2.24) is 0 Å². The molecular formula is C18H37NaO4S. The maximum absolute atomic E-state index is 11.3. The van der Waals surface area contributed by atoms with Crippen LogP contribution in [0, 0.1) is 0 Å². The second-order valence-electron chi connectivity index (χ2n) is 6.75. The van der Waals surface area contributed by atoms with E-state index < -0.39 is 15.4 Å². The van der Waals surface area contributed by atoms with E-state index in [1.165, 1.54) is 0 Å². The number of hydrogen-bond donors (Lipinski definition) is 1. The fourth-order valence-corrected chi connectivity index (χ4v) is 3.90. The van der Waals surface area contributed by atoms with Crippen molar-refractivity contribution < 1.29 is 47.6 Å². The summed E-state index contributed by atoms with van der Waals surface area (Å²) in [6, 6.07) is 0. The average molecular weight is 373 g/mol. The molecule has 0 radical (unpaired) electrons. The van der Waals surface area contributed by atoms with Gasteiger partial charge in [-0.1, -0.05) is 78.1 Å². The van der Waals surface area contributed by atoms with Crippen LogP contribution in [0.1, 0.15) is 104 Å². The zero-order chi connectivity index (χ0) is 17.6. The molecule has 0 saturated carbocycles. The molecule has 4 nitrogen and oxygen atoms in total. The standard InChI is InChI=1S/C18H38O4S.Na/c1-3-5-10-15-18(23(20,21)22)16-12-9-7-6-8-11-14-17(19)13-4-2;/h17-19H,3-16H2,1-2H3,(H,20,21,22);/q;+1/p-1.